The second kappa shape index (κ2) is 8.08. The lowest BCUT2D eigenvalue weighted by Gasteiger charge is -2.09. The number of nitrogens with one attached hydrogen (secondary N) is 1. The quantitative estimate of drug-likeness (QED) is 0.573. The van der Waals surface area contributed by atoms with Gasteiger partial charge in [0.25, 0.3) is 5.91 Å². The summed E-state index contributed by atoms with van der Waals surface area (Å²) < 4.78 is 5.76. The van der Waals surface area contributed by atoms with Crippen molar-refractivity contribution in [3.05, 3.63) is 74.2 Å². The molecule has 0 unspecified atom stereocenters. The lowest BCUT2D eigenvalue weighted by atomic mass is 10.2. The van der Waals surface area contributed by atoms with Crippen LogP contribution in [-0.2, 0) is 6.61 Å². The zero-order valence-corrected chi connectivity index (χ0v) is 16.5. The summed E-state index contributed by atoms with van der Waals surface area (Å²) in [7, 11) is 0. The first-order valence-corrected chi connectivity index (χ1v) is 9.42. The Bertz CT molecular complexity index is 937. The fourth-order valence-corrected chi connectivity index (χ4v) is 3.35. The SMILES string of the molecule is Cc1nc(NC(=O)c2cccc(OCc3ccc(Cl)c(Cl)c3)c2)sc1C. The van der Waals surface area contributed by atoms with Crippen molar-refractivity contribution in [2.24, 2.45) is 0 Å². The van der Waals surface area contributed by atoms with Gasteiger partial charge in [-0.1, -0.05) is 35.3 Å². The van der Waals surface area contributed by atoms with Crippen molar-refractivity contribution < 1.29 is 9.53 Å². The van der Waals surface area contributed by atoms with Crippen LogP contribution >= 0.6 is 34.5 Å². The number of ether oxygens (including phenoxy) is 1. The van der Waals surface area contributed by atoms with Gasteiger partial charge in [0.15, 0.2) is 5.13 Å². The number of aryl methyl sites for hydroxylation is 2. The van der Waals surface area contributed by atoms with Gasteiger partial charge >= 0.3 is 0 Å². The van der Waals surface area contributed by atoms with E-state index >= 15 is 0 Å². The summed E-state index contributed by atoms with van der Waals surface area (Å²) >= 11 is 13.4. The number of aromatic nitrogens is 1. The van der Waals surface area contributed by atoms with Crippen molar-refractivity contribution in [3.8, 4) is 5.75 Å². The van der Waals surface area contributed by atoms with Crippen LogP contribution in [0, 0.1) is 13.8 Å². The molecule has 26 heavy (non-hydrogen) atoms. The van der Waals surface area contributed by atoms with Crippen molar-refractivity contribution in [1.82, 2.24) is 4.98 Å². The highest BCUT2D eigenvalue weighted by Crippen LogP contribution is 2.24. The van der Waals surface area contributed by atoms with E-state index in [9.17, 15) is 4.79 Å². The third-order valence-electron chi connectivity index (χ3n) is 3.73. The summed E-state index contributed by atoms with van der Waals surface area (Å²) in [5.74, 6) is 0.369. The van der Waals surface area contributed by atoms with Gasteiger partial charge in [0.1, 0.15) is 12.4 Å². The molecule has 0 spiro atoms. The molecule has 0 saturated heterocycles. The summed E-state index contributed by atoms with van der Waals surface area (Å²) in [5, 5.41) is 4.39. The fourth-order valence-electron chi connectivity index (χ4n) is 2.22. The molecule has 0 aliphatic carbocycles. The third kappa shape index (κ3) is 4.55. The summed E-state index contributed by atoms with van der Waals surface area (Å²) in [6.45, 7) is 4.21. The first-order chi connectivity index (χ1) is 12.4. The molecule has 3 rings (SSSR count). The Labute approximate surface area is 165 Å². The van der Waals surface area contributed by atoms with Gasteiger partial charge in [-0.2, -0.15) is 0 Å². The number of hydrogen-bond acceptors (Lipinski definition) is 4. The van der Waals surface area contributed by atoms with Crippen molar-refractivity contribution in [2.75, 3.05) is 5.32 Å². The lowest BCUT2D eigenvalue weighted by molar-refractivity contribution is 0.102. The normalized spacial score (nSPS) is 10.6. The highest BCUT2D eigenvalue weighted by molar-refractivity contribution is 7.15. The summed E-state index contributed by atoms with van der Waals surface area (Å²) in [6, 6.07) is 12.3. The monoisotopic (exact) mass is 406 g/mol. The average Bonchev–Trinajstić information content (AvgIpc) is 2.93. The molecule has 4 nitrogen and oxygen atoms in total. The predicted octanol–water partition coefficient (Wildman–Crippen LogP) is 5.90. The molecular formula is C19H16Cl2N2O2S. The maximum atomic E-state index is 12.4. The van der Waals surface area contributed by atoms with Gasteiger partial charge in [0.05, 0.1) is 15.7 Å². The third-order valence-corrected chi connectivity index (χ3v) is 5.46. The number of thiazole rings is 1. The molecule has 134 valence electrons. The van der Waals surface area contributed by atoms with Crippen molar-refractivity contribution in [3.63, 3.8) is 0 Å². The number of rotatable bonds is 5. The second-order valence-electron chi connectivity index (χ2n) is 5.68. The Morgan fingerprint density at radius 3 is 2.65 bits per heavy atom. The summed E-state index contributed by atoms with van der Waals surface area (Å²) in [5.41, 5.74) is 2.31. The molecule has 0 aliphatic heterocycles. The maximum absolute atomic E-state index is 12.4. The first kappa shape index (κ1) is 18.7. The topological polar surface area (TPSA) is 51.2 Å². The zero-order valence-electron chi connectivity index (χ0n) is 14.2. The minimum absolute atomic E-state index is 0.223. The Kier molecular flexibility index (Phi) is 5.81. The number of anilines is 1. The van der Waals surface area contributed by atoms with Crippen LogP contribution < -0.4 is 10.1 Å². The Balaban J connectivity index is 1.67. The number of halogens is 2. The minimum Gasteiger partial charge on any atom is -0.489 e. The molecule has 0 radical (unpaired) electrons. The van der Waals surface area contributed by atoms with Gasteiger partial charge in [0, 0.05) is 10.4 Å². The molecule has 1 N–H and O–H groups in total. The maximum Gasteiger partial charge on any atom is 0.257 e. The average molecular weight is 407 g/mol. The van der Waals surface area contributed by atoms with E-state index in [1.807, 2.05) is 19.9 Å². The van der Waals surface area contributed by atoms with Crippen molar-refractivity contribution in [2.45, 2.75) is 20.5 Å². The van der Waals surface area contributed by atoms with Gasteiger partial charge in [0.2, 0.25) is 0 Å². The van der Waals surface area contributed by atoms with E-state index in [1.54, 1.807) is 36.4 Å². The van der Waals surface area contributed by atoms with Gasteiger partial charge in [-0.15, -0.1) is 11.3 Å². The molecule has 1 aromatic heterocycles. The second-order valence-corrected chi connectivity index (χ2v) is 7.70. The number of benzene rings is 2. The Morgan fingerprint density at radius 1 is 1.15 bits per heavy atom. The standard InChI is InChI=1S/C19H16Cl2N2O2S/c1-11-12(2)26-19(22-11)23-18(24)14-4-3-5-15(9-14)25-10-13-6-7-16(20)17(21)8-13/h3-9H,10H2,1-2H3,(H,22,23,24). The van der Waals surface area contributed by atoms with Crippen LogP contribution in [0.25, 0.3) is 0 Å². The molecule has 1 amide bonds. The van der Waals surface area contributed by atoms with E-state index in [0.717, 1.165) is 16.1 Å². The number of amides is 1. The summed E-state index contributed by atoms with van der Waals surface area (Å²) in [6.07, 6.45) is 0. The van der Waals surface area contributed by atoms with Crippen LogP contribution in [0.5, 0.6) is 5.75 Å². The van der Waals surface area contributed by atoms with Gasteiger partial charge < -0.3 is 4.74 Å². The van der Waals surface area contributed by atoms with E-state index in [4.69, 9.17) is 27.9 Å². The Morgan fingerprint density at radius 2 is 1.96 bits per heavy atom. The largest absolute Gasteiger partial charge is 0.489 e. The molecule has 0 fully saturated rings. The van der Waals surface area contributed by atoms with E-state index in [-0.39, 0.29) is 5.91 Å². The Hall–Kier alpha value is -2.08. The summed E-state index contributed by atoms with van der Waals surface area (Å²) in [4.78, 5) is 17.8. The molecule has 7 heteroatoms. The minimum atomic E-state index is -0.223. The molecule has 1 heterocycles. The predicted molar refractivity (Wildman–Crippen MR) is 107 cm³/mol. The number of hydrogen-bond donors (Lipinski definition) is 1. The van der Waals surface area contributed by atoms with E-state index < -0.39 is 0 Å². The molecule has 0 aliphatic rings. The molecule has 2 aromatic carbocycles. The molecular weight excluding hydrogens is 391 g/mol. The van der Waals surface area contributed by atoms with Crippen LogP contribution in [0.4, 0.5) is 5.13 Å². The number of carbonyl (C=O) groups excluding carboxylic acids is 1. The van der Waals surface area contributed by atoms with Gasteiger partial charge in [-0.25, -0.2) is 4.98 Å². The van der Waals surface area contributed by atoms with Crippen LogP contribution in [0.3, 0.4) is 0 Å². The van der Waals surface area contributed by atoms with Crippen LogP contribution in [0.15, 0.2) is 42.5 Å². The van der Waals surface area contributed by atoms with Crippen LogP contribution in [-0.4, -0.2) is 10.9 Å². The highest BCUT2D eigenvalue weighted by atomic mass is 35.5. The fraction of sp³-hybridized carbons (Fsp3) is 0.158. The van der Waals surface area contributed by atoms with Gasteiger partial charge in [-0.3, -0.25) is 10.1 Å². The van der Waals surface area contributed by atoms with Gasteiger partial charge in [-0.05, 0) is 49.7 Å². The smallest absolute Gasteiger partial charge is 0.257 e. The van der Waals surface area contributed by atoms with Crippen molar-refractivity contribution >= 4 is 45.6 Å². The first-order valence-electron chi connectivity index (χ1n) is 7.84. The molecule has 0 atom stereocenters. The number of carbonyl (C=O) groups is 1. The van der Waals surface area contributed by atoms with Crippen LogP contribution in [0.1, 0.15) is 26.5 Å². The number of nitrogens with zero attached hydrogens (tertiary/aromatic N) is 1. The van der Waals surface area contributed by atoms with E-state index in [1.165, 1.54) is 11.3 Å². The lowest BCUT2D eigenvalue weighted by Crippen LogP contribution is -2.11. The van der Waals surface area contributed by atoms with Crippen LogP contribution in [0.2, 0.25) is 10.0 Å². The van der Waals surface area contributed by atoms with E-state index in [0.29, 0.717) is 33.1 Å². The molecule has 0 bridgehead atoms. The van der Waals surface area contributed by atoms with E-state index in [2.05, 4.69) is 10.3 Å². The molecule has 3 aromatic rings. The zero-order chi connectivity index (χ0) is 18.7. The van der Waals surface area contributed by atoms with Crippen molar-refractivity contribution in [1.29, 1.82) is 0 Å². The highest BCUT2D eigenvalue weighted by Gasteiger charge is 2.11. The molecule has 0 saturated carbocycles.